The van der Waals surface area contributed by atoms with Crippen LogP contribution in [0.3, 0.4) is 0 Å². The molecule has 5 heterocycles. The van der Waals surface area contributed by atoms with E-state index in [1.165, 1.54) is 6.07 Å². The highest BCUT2D eigenvalue weighted by Crippen LogP contribution is 2.42. The number of carbonyl (C=O) groups is 1. The molecule has 37 heavy (non-hydrogen) atoms. The summed E-state index contributed by atoms with van der Waals surface area (Å²) in [5, 5.41) is 14.3. The summed E-state index contributed by atoms with van der Waals surface area (Å²) in [5.74, 6) is -0.227. The van der Waals surface area contributed by atoms with Crippen LogP contribution in [-0.4, -0.2) is 73.3 Å². The van der Waals surface area contributed by atoms with Crippen LogP contribution in [0.15, 0.2) is 28.8 Å². The zero-order valence-electron chi connectivity index (χ0n) is 21.7. The molecule has 6 rings (SSSR count). The molecular weight excluding hydrogens is 488 g/mol. The second kappa shape index (κ2) is 8.30. The number of halogens is 2. The number of aryl methyl sites for hydroxylation is 1. The second-order valence-corrected chi connectivity index (χ2v) is 11.2. The van der Waals surface area contributed by atoms with E-state index in [-0.39, 0.29) is 41.0 Å². The average molecular weight is 520 g/mol. The average Bonchev–Trinajstić information content (AvgIpc) is 3.39. The van der Waals surface area contributed by atoms with E-state index in [2.05, 4.69) is 10.1 Å². The number of hydrogen-bond donors (Lipinski definition) is 1. The third kappa shape index (κ3) is 4.58. The lowest BCUT2D eigenvalue weighted by molar-refractivity contribution is -0.275. The minimum absolute atomic E-state index is 0.0749. The van der Waals surface area contributed by atoms with Crippen molar-refractivity contribution < 1.29 is 32.6 Å². The van der Waals surface area contributed by atoms with Gasteiger partial charge in [0.25, 0.3) is 6.01 Å². The van der Waals surface area contributed by atoms with Crippen molar-refractivity contribution in [2.45, 2.75) is 70.4 Å². The number of hydrogen-bond acceptors (Lipinski definition) is 8. The third-order valence-corrected chi connectivity index (χ3v) is 6.50. The number of amides is 1. The minimum Gasteiger partial charge on any atom is -0.444 e. The number of benzene rings is 1. The predicted molar refractivity (Wildman–Crippen MR) is 131 cm³/mol. The van der Waals surface area contributed by atoms with Crippen molar-refractivity contribution in [3.8, 4) is 17.0 Å². The standard InChI is InChI=1S/C25H31F2N5O5/c1-23(2,3)37-22(33)32-14-11-15(32)13-31(12-14)21-28-19-18(36-25(26,27)24(4,5)34)8-7-16(20(19)35-21)17-9-10-30(6)29-17/h7-10,14-15,34H,11-13H2,1-6H3. The second-order valence-electron chi connectivity index (χ2n) is 11.2. The molecule has 3 saturated heterocycles. The van der Waals surface area contributed by atoms with Crippen molar-refractivity contribution in [3.05, 3.63) is 24.4 Å². The van der Waals surface area contributed by atoms with E-state index in [9.17, 15) is 18.7 Å². The van der Waals surface area contributed by atoms with Gasteiger partial charge in [0.1, 0.15) is 5.60 Å². The van der Waals surface area contributed by atoms with Gasteiger partial charge >= 0.3 is 12.2 Å². The highest BCUT2D eigenvalue weighted by Gasteiger charge is 2.51. The lowest BCUT2D eigenvalue weighted by Crippen LogP contribution is -2.70. The van der Waals surface area contributed by atoms with Gasteiger partial charge in [0.2, 0.25) is 0 Å². The van der Waals surface area contributed by atoms with Gasteiger partial charge in [0.05, 0.1) is 17.8 Å². The molecule has 10 nitrogen and oxygen atoms in total. The molecule has 1 N–H and O–H groups in total. The molecule has 2 atom stereocenters. The topological polar surface area (TPSA) is 106 Å². The number of oxazole rings is 1. The van der Waals surface area contributed by atoms with Gasteiger partial charge < -0.3 is 23.9 Å². The fraction of sp³-hybridized carbons (Fsp3) is 0.560. The van der Waals surface area contributed by atoms with Gasteiger partial charge in [-0.3, -0.25) is 9.58 Å². The molecule has 200 valence electrons. The number of carbonyl (C=O) groups excluding carboxylic acids is 1. The molecule has 3 aliphatic rings. The van der Waals surface area contributed by atoms with E-state index in [0.29, 0.717) is 24.3 Å². The van der Waals surface area contributed by atoms with Gasteiger partial charge in [-0.2, -0.15) is 18.9 Å². The smallest absolute Gasteiger partial charge is 0.426 e. The Kier molecular flexibility index (Phi) is 5.67. The van der Waals surface area contributed by atoms with Gasteiger partial charge in [0.15, 0.2) is 22.5 Å². The maximum Gasteiger partial charge on any atom is 0.426 e. The Morgan fingerprint density at radius 1 is 1.14 bits per heavy atom. The number of fused-ring (bicyclic) bond motifs is 3. The van der Waals surface area contributed by atoms with Crippen LogP contribution in [0.2, 0.25) is 0 Å². The molecule has 2 unspecified atom stereocenters. The van der Waals surface area contributed by atoms with Crippen LogP contribution in [0.1, 0.15) is 41.0 Å². The Labute approximate surface area is 212 Å². The predicted octanol–water partition coefficient (Wildman–Crippen LogP) is 4.17. The molecule has 12 heteroatoms. The van der Waals surface area contributed by atoms with Crippen molar-refractivity contribution in [3.63, 3.8) is 0 Å². The number of alkyl halides is 2. The van der Waals surface area contributed by atoms with E-state index in [4.69, 9.17) is 13.9 Å². The summed E-state index contributed by atoms with van der Waals surface area (Å²) in [6.07, 6.45) is -1.64. The Morgan fingerprint density at radius 2 is 1.81 bits per heavy atom. The maximum atomic E-state index is 14.6. The Morgan fingerprint density at radius 3 is 2.38 bits per heavy atom. The number of aliphatic hydroxyl groups is 1. The summed E-state index contributed by atoms with van der Waals surface area (Å²) in [4.78, 5) is 20.8. The summed E-state index contributed by atoms with van der Waals surface area (Å²) in [6, 6.07) is 4.80. The van der Waals surface area contributed by atoms with E-state index < -0.39 is 17.3 Å². The first-order chi connectivity index (χ1) is 17.1. The minimum atomic E-state index is -3.88. The first-order valence-corrected chi connectivity index (χ1v) is 12.1. The largest absolute Gasteiger partial charge is 0.444 e. The Hall–Kier alpha value is -3.41. The number of ether oxygens (including phenoxy) is 2. The quantitative estimate of drug-likeness (QED) is 0.536. The molecule has 1 amide bonds. The molecule has 0 radical (unpaired) electrons. The van der Waals surface area contributed by atoms with Crippen molar-refractivity contribution in [2.75, 3.05) is 18.0 Å². The van der Waals surface area contributed by atoms with Gasteiger partial charge in [-0.1, -0.05) is 0 Å². The van der Waals surface area contributed by atoms with Crippen LogP contribution in [0.4, 0.5) is 19.6 Å². The van der Waals surface area contributed by atoms with Crippen molar-refractivity contribution in [1.82, 2.24) is 19.7 Å². The van der Waals surface area contributed by atoms with Crippen LogP contribution >= 0.6 is 0 Å². The lowest BCUT2D eigenvalue weighted by Gasteiger charge is -2.55. The van der Waals surface area contributed by atoms with Gasteiger partial charge in [0, 0.05) is 31.9 Å². The normalized spacial score (nSPS) is 20.2. The van der Waals surface area contributed by atoms with Crippen molar-refractivity contribution in [1.29, 1.82) is 0 Å². The first kappa shape index (κ1) is 25.2. The van der Waals surface area contributed by atoms with Crippen LogP contribution in [0.5, 0.6) is 5.75 Å². The van der Waals surface area contributed by atoms with E-state index >= 15 is 0 Å². The Bertz CT molecular complexity index is 1330. The lowest BCUT2D eigenvalue weighted by atomic mass is 9.88. The summed E-state index contributed by atoms with van der Waals surface area (Å²) in [5.41, 5.74) is -1.55. The molecule has 2 aromatic heterocycles. The highest BCUT2D eigenvalue weighted by molar-refractivity contribution is 5.94. The highest BCUT2D eigenvalue weighted by atomic mass is 19.3. The van der Waals surface area contributed by atoms with Crippen molar-refractivity contribution >= 4 is 23.2 Å². The first-order valence-electron chi connectivity index (χ1n) is 12.1. The number of piperidine rings is 1. The molecular formula is C25H31F2N5O5. The van der Waals surface area contributed by atoms with Crippen LogP contribution < -0.4 is 9.64 Å². The molecule has 0 spiro atoms. The van der Waals surface area contributed by atoms with Gasteiger partial charge in [-0.15, -0.1) is 0 Å². The summed E-state index contributed by atoms with van der Waals surface area (Å²) in [7, 11) is 1.77. The number of rotatable bonds is 5. The number of nitrogens with zero attached hydrogens (tertiary/aromatic N) is 5. The molecule has 0 aliphatic carbocycles. The summed E-state index contributed by atoms with van der Waals surface area (Å²) >= 11 is 0. The van der Waals surface area contributed by atoms with E-state index in [1.54, 1.807) is 35.0 Å². The van der Waals surface area contributed by atoms with Gasteiger partial charge in [-0.25, -0.2) is 4.79 Å². The molecule has 3 fully saturated rings. The van der Waals surface area contributed by atoms with Crippen LogP contribution in [0, 0.1) is 0 Å². The SMILES string of the molecule is Cn1ccc(-c2ccc(OC(F)(F)C(C)(C)O)c3nc(N4CC5CC(C4)N5C(=O)OC(C)(C)C)oc23)n1. The van der Waals surface area contributed by atoms with Gasteiger partial charge in [-0.05, 0) is 59.2 Å². The molecule has 1 aromatic carbocycles. The number of aromatic nitrogens is 3. The molecule has 3 aromatic rings. The zero-order chi connectivity index (χ0) is 26.9. The van der Waals surface area contributed by atoms with Crippen LogP contribution in [0.25, 0.3) is 22.4 Å². The molecule has 0 saturated carbocycles. The third-order valence-electron chi connectivity index (χ3n) is 6.50. The maximum absolute atomic E-state index is 14.6. The van der Waals surface area contributed by atoms with E-state index in [1.807, 2.05) is 25.7 Å². The van der Waals surface area contributed by atoms with E-state index in [0.717, 1.165) is 20.3 Å². The fourth-order valence-corrected chi connectivity index (χ4v) is 4.59. The number of piperazine rings is 1. The summed E-state index contributed by atoms with van der Waals surface area (Å²) < 4.78 is 47.5. The van der Waals surface area contributed by atoms with Crippen molar-refractivity contribution in [2.24, 2.45) is 7.05 Å². The molecule has 2 bridgehead atoms. The number of anilines is 1. The fourth-order valence-electron chi connectivity index (χ4n) is 4.59. The molecule has 3 aliphatic heterocycles. The Balaban J connectivity index is 1.48. The zero-order valence-corrected chi connectivity index (χ0v) is 21.7. The van der Waals surface area contributed by atoms with Crippen LogP contribution in [-0.2, 0) is 11.8 Å². The summed E-state index contributed by atoms with van der Waals surface area (Å²) in [6.45, 7) is 8.32. The monoisotopic (exact) mass is 519 g/mol.